The van der Waals surface area contributed by atoms with Gasteiger partial charge in [-0.15, -0.1) is 0 Å². The molecule has 118 valence electrons. The molecule has 6 nitrogen and oxygen atoms in total. The van der Waals surface area contributed by atoms with Crippen LogP contribution in [0.4, 0.5) is 0 Å². The number of rotatable bonds is 3. The standard InChI is InChI=1S/C15H20N4O2S/c20-22(21,17-8-3-4-9-17)18-10-7-13(11-18)19-12-16-14-5-1-2-6-15(14)19/h1-2,5-6,12-13H,3-4,7-11H2. The van der Waals surface area contributed by atoms with Crippen molar-refractivity contribution in [1.29, 1.82) is 0 Å². The number of hydrogen-bond donors (Lipinski definition) is 0. The first-order valence-electron chi connectivity index (χ1n) is 7.83. The van der Waals surface area contributed by atoms with Gasteiger partial charge in [-0.3, -0.25) is 0 Å². The van der Waals surface area contributed by atoms with E-state index in [1.165, 1.54) is 0 Å². The maximum atomic E-state index is 12.6. The van der Waals surface area contributed by atoms with Gasteiger partial charge in [-0.05, 0) is 31.4 Å². The third-order valence-corrected chi connectivity index (χ3v) is 6.72. The van der Waals surface area contributed by atoms with Crippen LogP contribution in [0.5, 0.6) is 0 Å². The van der Waals surface area contributed by atoms with Crippen LogP contribution in [-0.2, 0) is 10.2 Å². The average molecular weight is 320 g/mol. The van der Waals surface area contributed by atoms with Crippen molar-refractivity contribution < 1.29 is 8.42 Å². The maximum absolute atomic E-state index is 12.6. The third-order valence-electron chi connectivity index (χ3n) is 4.72. The lowest BCUT2D eigenvalue weighted by atomic mass is 10.2. The molecule has 0 bridgehead atoms. The van der Waals surface area contributed by atoms with Crippen LogP contribution in [0.1, 0.15) is 25.3 Å². The second-order valence-corrected chi connectivity index (χ2v) is 7.98. The van der Waals surface area contributed by atoms with Crippen molar-refractivity contribution in [3.63, 3.8) is 0 Å². The fraction of sp³-hybridized carbons (Fsp3) is 0.533. The SMILES string of the molecule is O=S(=O)(N1CCCC1)N1CCC(n2cnc3ccccc32)C1. The van der Waals surface area contributed by atoms with Crippen LogP contribution in [0.3, 0.4) is 0 Å². The summed E-state index contributed by atoms with van der Waals surface area (Å²) in [5.74, 6) is 0. The van der Waals surface area contributed by atoms with Gasteiger partial charge in [-0.25, -0.2) is 4.98 Å². The first kappa shape index (κ1) is 14.2. The van der Waals surface area contributed by atoms with Gasteiger partial charge in [-0.1, -0.05) is 12.1 Å². The molecule has 0 radical (unpaired) electrons. The predicted molar refractivity (Wildman–Crippen MR) is 84.7 cm³/mol. The summed E-state index contributed by atoms with van der Waals surface area (Å²) in [5.41, 5.74) is 2.04. The molecule has 0 spiro atoms. The molecule has 2 saturated heterocycles. The Balaban J connectivity index is 1.57. The summed E-state index contributed by atoms with van der Waals surface area (Å²) in [6, 6.07) is 8.16. The molecule has 1 unspecified atom stereocenters. The van der Waals surface area contributed by atoms with Crippen LogP contribution in [0.15, 0.2) is 30.6 Å². The molecule has 2 aliphatic rings. The van der Waals surface area contributed by atoms with Crippen molar-refractivity contribution in [2.75, 3.05) is 26.2 Å². The molecule has 1 aromatic heterocycles. The monoisotopic (exact) mass is 320 g/mol. The molecule has 1 aromatic carbocycles. The highest BCUT2D eigenvalue weighted by molar-refractivity contribution is 7.86. The van der Waals surface area contributed by atoms with Gasteiger partial charge in [0.2, 0.25) is 0 Å². The molecule has 0 saturated carbocycles. The Morgan fingerprint density at radius 3 is 2.64 bits per heavy atom. The fourth-order valence-electron chi connectivity index (χ4n) is 3.50. The van der Waals surface area contributed by atoms with Gasteiger partial charge in [0.15, 0.2) is 0 Å². The van der Waals surface area contributed by atoms with Crippen molar-refractivity contribution in [2.24, 2.45) is 0 Å². The molecule has 0 aliphatic carbocycles. The first-order valence-corrected chi connectivity index (χ1v) is 9.23. The summed E-state index contributed by atoms with van der Waals surface area (Å²) >= 11 is 0. The topological polar surface area (TPSA) is 58.4 Å². The van der Waals surface area contributed by atoms with Crippen molar-refractivity contribution in [2.45, 2.75) is 25.3 Å². The zero-order valence-electron chi connectivity index (χ0n) is 12.4. The summed E-state index contributed by atoms with van der Waals surface area (Å²) < 4.78 is 30.7. The molecule has 0 N–H and O–H groups in total. The van der Waals surface area contributed by atoms with E-state index in [4.69, 9.17) is 0 Å². The Morgan fingerprint density at radius 2 is 1.82 bits per heavy atom. The van der Waals surface area contributed by atoms with Crippen LogP contribution >= 0.6 is 0 Å². The van der Waals surface area contributed by atoms with Crippen LogP contribution in [0, 0.1) is 0 Å². The van der Waals surface area contributed by atoms with E-state index < -0.39 is 10.2 Å². The smallest absolute Gasteiger partial charge is 0.282 e. The van der Waals surface area contributed by atoms with E-state index in [9.17, 15) is 8.42 Å². The molecule has 2 aliphatic heterocycles. The zero-order chi connectivity index (χ0) is 15.2. The number of aromatic nitrogens is 2. The van der Waals surface area contributed by atoms with Gasteiger partial charge in [0.1, 0.15) is 0 Å². The molecule has 4 rings (SSSR count). The van der Waals surface area contributed by atoms with Gasteiger partial charge in [0, 0.05) is 26.2 Å². The quantitative estimate of drug-likeness (QED) is 0.863. The van der Waals surface area contributed by atoms with E-state index in [2.05, 4.69) is 9.55 Å². The van der Waals surface area contributed by atoms with E-state index in [1.807, 2.05) is 30.6 Å². The molecular weight excluding hydrogens is 300 g/mol. The summed E-state index contributed by atoms with van der Waals surface area (Å²) in [7, 11) is -3.28. The number of fused-ring (bicyclic) bond motifs is 1. The lowest BCUT2D eigenvalue weighted by Gasteiger charge is -2.23. The Morgan fingerprint density at radius 1 is 1.05 bits per heavy atom. The molecule has 7 heteroatoms. The Bertz CT molecular complexity index is 780. The molecular formula is C15H20N4O2S. The number of benzene rings is 1. The predicted octanol–water partition coefficient (Wildman–Crippen LogP) is 1.62. The van der Waals surface area contributed by atoms with Gasteiger partial charge < -0.3 is 4.57 Å². The van der Waals surface area contributed by atoms with Gasteiger partial charge in [0.25, 0.3) is 10.2 Å². The Hall–Kier alpha value is -1.44. The second-order valence-electron chi connectivity index (χ2n) is 6.05. The minimum absolute atomic E-state index is 0.171. The summed E-state index contributed by atoms with van der Waals surface area (Å²) in [5, 5.41) is 0. The second kappa shape index (κ2) is 5.33. The van der Waals surface area contributed by atoms with Crippen LogP contribution < -0.4 is 0 Å². The van der Waals surface area contributed by atoms with Crippen molar-refractivity contribution >= 4 is 21.2 Å². The average Bonchev–Trinajstić information content (AvgIpc) is 3.26. The minimum Gasteiger partial charge on any atom is -0.326 e. The summed E-state index contributed by atoms with van der Waals surface area (Å²) in [4.78, 5) is 4.41. The van der Waals surface area contributed by atoms with E-state index in [-0.39, 0.29) is 6.04 Å². The van der Waals surface area contributed by atoms with Crippen molar-refractivity contribution in [1.82, 2.24) is 18.2 Å². The first-order chi connectivity index (χ1) is 10.7. The number of hydrogen-bond acceptors (Lipinski definition) is 3. The number of para-hydroxylation sites is 2. The van der Waals surface area contributed by atoms with Gasteiger partial charge in [-0.2, -0.15) is 17.0 Å². The van der Waals surface area contributed by atoms with E-state index >= 15 is 0 Å². The summed E-state index contributed by atoms with van der Waals surface area (Å²) in [6.45, 7) is 2.46. The van der Waals surface area contributed by atoms with Crippen molar-refractivity contribution in [3.8, 4) is 0 Å². The molecule has 0 amide bonds. The number of nitrogens with zero attached hydrogens (tertiary/aromatic N) is 4. The van der Waals surface area contributed by atoms with Gasteiger partial charge >= 0.3 is 0 Å². The fourth-order valence-corrected chi connectivity index (χ4v) is 5.24. The van der Waals surface area contributed by atoms with Crippen LogP contribution in [0.25, 0.3) is 11.0 Å². The maximum Gasteiger partial charge on any atom is 0.282 e. The minimum atomic E-state index is -3.28. The largest absolute Gasteiger partial charge is 0.326 e. The van der Waals surface area contributed by atoms with Gasteiger partial charge in [0.05, 0.1) is 23.4 Å². The molecule has 22 heavy (non-hydrogen) atoms. The lowest BCUT2D eigenvalue weighted by Crippen LogP contribution is -2.41. The third kappa shape index (κ3) is 2.24. The highest BCUT2D eigenvalue weighted by Crippen LogP contribution is 2.29. The molecule has 1 atom stereocenters. The highest BCUT2D eigenvalue weighted by atomic mass is 32.2. The highest BCUT2D eigenvalue weighted by Gasteiger charge is 2.37. The zero-order valence-corrected chi connectivity index (χ0v) is 13.2. The molecule has 3 heterocycles. The lowest BCUT2D eigenvalue weighted by molar-refractivity contribution is 0.389. The van der Waals surface area contributed by atoms with E-state index in [1.54, 1.807) is 8.61 Å². The van der Waals surface area contributed by atoms with E-state index in [0.29, 0.717) is 26.2 Å². The number of imidazole rings is 1. The normalized spacial score (nSPS) is 24.5. The molecule has 2 aromatic rings. The van der Waals surface area contributed by atoms with Crippen LogP contribution in [-0.4, -0.2) is 52.8 Å². The molecule has 2 fully saturated rings. The van der Waals surface area contributed by atoms with Crippen molar-refractivity contribution in [3.05, 3.63) is 30.6 Å². The summed E-state index contributed by atoms with van der Waals surface area (Å²) in [6.07, 6.45) is 4.63. The van der Waals surface area contributed by atoms with E-state index in [0.717, 1.165) is 30.3 Å². The Labute approximate surface area is 130 Å². The van der Waals surface area contributed by atoms with Crippen LogP contribution in [0.2, 0.25) is 0 Å². The Kier molecular flexibility index (Phi) is 3.43.